The van der Waals surface area contributed by atoms with E-state index < -0.39 is 5.60 Å². The van der Waals surface area contributed by atoms with Gasteiger partial charge in [0.25, 0.3) is 0 Å². The lowest BCUT2D eigenvalue weighted by molar-refractivity contribution is 0.0279. The highest BCUT2D eigenvalue weighted by Crippen LogP contribution is 2.10. The number of hydrogen-bond acceptors (Lipinski definition) is 4. The van der Waals surface area contributed by atoms with Crippen LogP contribution in [0.1, 0.15) is 41.0 Å². The first kappa shape index (κ1) is 22.8. The van der Waals surface area contributed by atoms with E-state index >= 15 is 0 Å². The molecule has 1 aromatic heterocycles. The van der Waals surface area contributed by atoms with Gasteiger partial charge in [-0.15, -0.1) is 0 Å². The lowest BCUT2D eigenvalue weighted by Crippen LogP contribution is -2.39. The Kier molecular flexibility index (Phi) is 9.67. The highest BCUT2D eigenvalue weighted by molar-refractivity contribution is 5.79. The third-order valence-electron chi connectivity index (χ3n) is 3.61. The van der Waals surface area contributed by atoms with Gasteiger partial charge in [-0.25, -0.2) is 4.79 Å². The molecule has 0 saturated heterocycles. The maximum absolute atomic E-state index is 12.0. The molecule has 0 aliphatic rings. The summed E-state index contributed by atoms with van der Waals surface area (Å²) in [4.78, 5) is 18.3. The quantitative estimate of drug-likeness (QED) is 0.390. The number of aromatic nitrogens is 2. The number of nitrogens with one attached hydrogen (secondary N) is 2. The molecule has 0 saturated carbocycles. The Morgan fingerprint density at radius 3 is 2.70 bits per heavy atom. The van der Waals surface area contributed by atoms with Gasteiger partial charge >= 0.3 is 6.09 Å². The maximum Gasteiger partial charge on any atom is 0.410 e. The Morgan fingerprint density at radius 1 is 1.37 bits per heavy atom. The second-order valence-corrected chi connectivity index (χ2v) is 7.74. The molecule has 8 nitrogen and oxygen atoms in total. The number of ether oxygens (including phenoxy) is 1. The van der Waals surface area contributed by atoms with E-state index in [-0.39, 0.29) is 12.0 Å². The summed E-state index contributed by atoms with van der Waals surface area (Å²) in [6.45, 7) is 13.4. The van der Waals surface area contributed by atoms with Crippen LogP contribution in [0.5, 0.6) is 0 Å². The number of hydrogen-bond donors (Lipinski definition) is 2. The molecular weight excluding hydrogens is 344 g/mol. The summed E-state index contributed by atoms with van der Waals surface area (Å²) in [5, 5.41) is 10.8. The van der Waals surface area contributed by atoms with Crippen LogP contribution >= 0.6 is 0 Å². The zero-order chi connectivity index (χ0) is 20.3. The zero-order valence-corrected chi connectivity index (χ0v) is 17.7. The normalized spacial score (nSPS) is 13.2. The molecule has 1 unspecified atom stereocenters. The maximum atomic E-state index is 12.0. The molecule has 1 amide bonds. The first-order chi connectivity index (χ1) is 12.7. The van der Waals surface area contributed by atoms with Crippen molar-refractivity contribution in [1.29, 1.82) is 0 Å². The van der Waals surface area contributed by atoms with Gasteiger partial charge < -0.3 is 20.3 Å². The highest BCUT2D eigenvalue weighted by Gasteiger charge is 2.20. The Balaban J connectivity index is 2.37. The molecule has 2 N–H and O–H groups in total. The van der Waals surface area contributed by atoms with Crippen LogP contribution in [-0.4, -0.2) is 65.6 Å². The molecule has 0 aromatic carbocycles. The molecule has 8 heteroatoms. The molecule has 1 rings (SSSR count). The van der Waals surface area contributed by atoms with E-state index in [2.05, 4.69) is 27.6 Å². The number of aliphatic imine (C=N–C) groups is 1. The number of nitrogens with zero attached hydrogens (tertiary/aromatic N) is 4. The van der Waals surface area contributed by atoms with Gasteiger partial charge in [0, 0.05) is 52.2 Å². The van der Waals surface area contributed by atoms with E-state index in [4.69, 9.17) is 4.74 Å². The zero-order valence-electron chi connectivity index (χ0n) is 17.7. The number of carbonyl (C=O) groups is 1. The summed E-state index contributed by atoms with van der Waals surface area (Å²) in [6, 6.07) is 1.93. The molecule has 0 radical (unpaired) electrons. The van der Waals surface area contributed by atoms with Gasteiger partial charge in [0.05, 0.1) is 0 Å². The van der Waals surface area contributed by atoms with Gasteiger partial charge in [-0.1, -0.05) is 6.92 Å². The molecule has 0 fully saturated rings. The number of amides is 1. The number of guanidine groups is 1. The van der Waals surface area contributed by atoms with Gasteiger partial charge in [-0.05, 0) is 46.1 Å². The monoisotopic (exact) mass is 380 g/mol. The molecule has 0 spiro atoms. The predicted molar refractivity (Wildman–Crippen MR) is 109 cm³/mol. The summed E-state index contributed by atoms with van der Waals surface area (Å²) in [6.07, 6.45) is 4.40. The third-order valence-corrected chi connectivity index (χ3v) is 3.61. The van der Waals surface area contributed by atoms with Gasteiger partial charge in [0.1, 0.15) is 5.60 Å². The van der Waals surface area contributed by atoms with Crippen molar-refractivity contribution in [2.45, 2.75) is 53.2 Å². The largest absolute Gasteiger partial charge is 0.444 e. The Morgan fingerprint density at radius 2 is 2.11 bits per heavy atom. The van der Waals surface area contributed by atoms with E-state index in [0.29, 0.717) is 13.1 Å². The summed E-state index contributed by atoms with van der Waals surface area (Å²) in [5.41, 5.74) is -0.481. The fraction of sp³-hybridized carbons (Fsp3) is 0.737. The highest BCUT2D eigenvalue weighted by atomic mass is 16.6. The summed E-state index contributed by atoms with van der Waals surface area (Å²) >= 11 is 0. The molecule has 1 atom stereocenters. The topological polar surface area (TPSA) is 83.8 Å². The standard InChI is InChI=1S/C19H36N6O2/c1-7-20-17(21-10-8-12-25-13-9-11-23-25)22-14-16(2)15-24(6)18(26)27-19(3,4)5/h9,11,13,16H,7-8,10,12,14-15H2,1-6H3,(H2,20,21,22). The molecule has 1 heterocycles. The SMILES string of the molecule is CCNC(=NCC(C)CN(C)C(=O)OC(C)(C)C)NCCCn1cccn1. The summed E-state index contributed by atoms with van der Waals surface area (Å²) in [7, 11) is 1.76. The average Bonchev–Trinajstić information content (AvgIpc) is 3.08. The van der Waals surface area contributed by atoms with Crippen molar-refractivity contribution >= 4 is 12.1 Å². The van der Waals surface area contributed by atoms with Crippen molar-refractivity contribution in [3.63, 3.8) is 0 Å². The average molecular weight is 381 g/mol. The van der Waals surface area contributed by atoms with Crippen molar-refractivity contribution < 1.29 is 9.53 Å². The lowest BCUT2D eigenvalue weighted by atomic mass is 10.2. The van der Waals surface area contributed by atoms with Crippen LogP contribution in [-0.2, 0) is 11.3 Å². The molecular formula is C19H36N6O2. The van der Waals surface area contributed by atoms with Crippen molar-refractivity contribution in [3.05, 3.63) is 18.5 Å². The first-order valence-corrected chi connectivity index (χ1v) is 9.65. The van der Waals surface area contributed by atoms with Crippen molar-refractivity contribution in [2.75, 3.05) is 33.2 Å². The molecule has 0 aliphatic carbocycles. The molecule has 27 heavy (non-hydrogen) atoms. The minimum atomic E-state index is -0.481. The van der Waals surface area contributed by atoms with Crippen molar-refractivity contribution in [1.82, 2.24) is 25.3 Å². The summed E-state index contributed by atoms with van der Waals surface area (Å²) < 4.78 is 7.30. The first-order valence-electron chi connectivity index (χ1n) is 9.65. The van der Waals surface area contributed by atoms with Crippen LogP contribution < -0.4 is 10.6 Å². The van der Waals surface area contributed by atoms with Crippen LogP contribution in [0.15, 0.2) is 23.5 Å². The third kappa shape index (κ3) is 10.5. The second kappa shape index (κ2) is 11.5. The molecule has 1 aromatic rings. The van der Waals surface area contributed by atoms with Gasteiger partial charge in [0.15, 0.2) is 5.96 Å². The van der Waals surface area contributed by atoms with E-state index in [9.17, 15) is 4.79 Å². The van der Waals surface area contributed by atoms with Gasteiger partial charge in [-0.2, -0.15) is 5.10 Å². The Labute approximate surface area is 163 Å². The second-order valence-electron chi connectivity index (χ2n) is 7.74. The van der Waals surface area contributed by atoms with E-state index in [0.717, 1.165) is 32.0 Å². The predicted octanol–water partition coefficient (Wildman–Crippen LogP) is 2.33. The Hall–Kier alpha value is -2.25. The van der Waals surface area contributed by atoms with Crippen molar-refractivity contribution in [2.24, 2.45) is 10.9 Å². The van der Waals surface area contributed by atoms with Gasteiger partial charge in [-0.3, -0.25) is 9.67 Å². The van der Waals surface area contributed by atoms with E-state index in [1.807, 2.05) is 44.6 Å². The molecule has 0 aliphatic heterocycles. The number of rotatable bonds is 9. The lowest BCUT2D eigenvalue weighted by Gasteiger charge is -2.26. The van der Waals surface area contributed by atoms with Crippen LogP contribution in [0.25, 0.3) is 0 Å². The minimum Gasteiger partial charge on any atom is -0.444 e. The Bertz CT molecular complexity index is 565. The van der Waals surface area contributed by atoms with Crippen LogP contribution in [0.2, 0.25) is 0 Å². The van der Waals surface area contributed by atoms with Crippen LogP contribution in [0.3, 0.4) is 0 Å². The number of aryl methyl sites for hydroxylation is 1. The molecule has 154 valence electrons. The minimum absolute atomic E-state index is 0.224. The van der Waals surface area contributed by atoms with Gasteiger partial charge in [0.2, 0.25) is 0 Å². The fourth-order valence-electron chi connectivity index (χ4n) is 2.41. The van der Waals surface area contributed by atoms with E-state index in [1.54, 1.807) is 18.1 Å². The molecule has 0 bridgehead atoms. The van der Waals surface area contributed by atoms with Crippen LogP contribution in [0.4, 0.5) is 4.79 Å². The number of carbonyl (C=O) groups excluding carboxylic acids is 1. The summed E-state index contributed by atoms with van der Waals surface area (Å²) in [5.74, 6) is 1.02. The smallest absolute Gasteiger partial charge is 0.410 e. The van der Waals surface area contributed by atoms with Crippen LogP contribution in [0, 0.1) is 5.92 Å². The van der Waals surface area contributed by atoms with Crippen molar-refractivity contribution in [3.8, 4) is 0 Å². The van der Waals surface area contributed by atoms with E-state index in [1.165, 1.54) is 0 Å². The fourth-order valence-corrected chi connectivity index (χ4v) is 2.41.